The maximum atomic E-state index is 12.9. The molecular formula is C8H5FINO2. The smallest absolute Gasteiger partial charge is 0.328 e. The van der Waals surface area contributed by atoms with E-state index in [1.54, 1.807) is 6.07 Å². The first-order valence-corrected chi connectivity index (χ1v) is 4.40. The van der Waals surface area contributed by atoms with Gasteiger partial charge in [0, 0.05) is 21.4 Å². The van der Waals surface area contributed by atoms with E-state index in [9.17, 15) is 9.18 Å². The lowest BCUT2D eigenvalue weighted by Crippen LogP contribution is -1.92. The van der Waals surface area contributed by atoms with Crippen molar-refractivity contribution in [2.45, 2.75) is 0 Å². The molecule has 0 amide bonds. The third kappa shape index (κ3) is 2.76. The van der Waals surface area contributed by atoms with E-state index in [-0.39, 0.29) is 5.56 Å². The van der Waals surface area contributed by atoms with E-state index in [4.69, 9.17) is 5.11 Å². The van der Waals surface area contributed by atoms with Crippen molar-refractivity contribution in [1.82, 2.24) is 4.98 Å². The molecule has 1 rings (SSSR count). The molecule has 0 saturated carbocycles. The van der Waals surface area contributed by atoms with Gasteiger partial charge >= 0.3 is 5.97 Å². The summed E-state index contributed by atoms with van der Waals surface area (Å²) in [5.41, 5.74) is 0.200. The minimum Gasteiger partial charge on any atom is -0.478 e. The van der Waals surface area contributed by atoms with Crippen LogP contribution in [0.25, 0.3) is 6.08 Å². The summed E-state index contributed by atoms with van der Waals surface area (Å²) >= 11 is 1.91. The molecule has 1 N–H and O–H groups in total. The number of carboxylic acids is 1. The number of rotatable bonds is 2. The van der Waals surface area contributed by atoms with Gasteiger partial charge in [-0.3, -0.25) is 0 Å². The van der Waals surface area contributed by atoms with Crippen molar-refractivity contribution < 1.29 is 14.3 Å². The summed E-state index contributed by atoms with van der Waals surface area (Å²) in [7, 11) is 0. The van der Waals surface area contributed by atoms with Crippen LogP contribution in [-0.2, 0) is 4.79 Å². The predicted octanol–water partition coefficient (Wildman–Crippen LogP) is 1.92. The average molecular weight is 293 g/mol. The number of nitrogens with zero attached hydrogens (tertiary/aromatic N) is 1. The van der Waals surface area contributed by atoms with Crippen molar-refractivity contribution in [3.8, 4) is 0 Å². The maximum absolute atomic E-state index is 12.9. The Morgan fingerprint density at radius 3 is 2.92 bits per heavy atom. The van der Waals surface area contributed by atoms with Crippen LogP contribution in [0.15, 0.2) is 18.3 Å². The number of aliphatic carboxylic acids is 1. The van der Waals surface area contributed by atoms with Crippen molar-refractivity contribution in [1.29, 1.82) is 0 Å². The molecule has 0 aliphatic carbocycles. The zero-order valence-corrected chi connectivity index (χ0v) is 8.53. The molecule has 1 aromatic rings. The molecule has 0 unspecified atom stereocenters. The molecule has 0 atom stereocenters. The van der Waals surface area contributed by atoms with Gasteiger partial charge in [-0.1, -0.05) is 0 Å². The van der Waals surface area contributed by atoms with Crippen LogP contribution in [0.5, 0.6) is 0 Å². The normalized spacial score (nSPS) is 10.6. The second kappa shape index (κ2) is 4.31. The second-order valence-corrected chi connectivity index (χ2v) is 3.33. The zero-order valence-electron chi connectivity index (χ0n) is 6.37. The van der Waals surface area contributed by atoms with Crippen LogP contribution in [0.3, 0.4) is 0 Å². The summed E-state index contributed by atoms with van der Waals surface area (Å²) < 4.78 is 13.6. The summed E-state index contributed by atoms with van der Waals surface area (Å²) in [6, 6.07) is 1.60. The lowest BCUT2D eigenvalue weighted by Gasteiger charge is -1.97. The molecule has 13 heavy (non-hydrogen) atoms. The molecule has 0 bridgehead atoms. The first kappa shape index (κ1) is 10.1. The van der Waals surface area contributed by atoms with E-state index in [0.29, 0.717) is 3.57 Å². The Hall–Kier alpha value is -0.980. The van der Waals surface area contributed by atoms with E-state index in [0.717, 1.165) is 6.08 Å². The predicted molar refractivity (Wildman–Crippen MR) is 53.6 cm³/mol. The van der Waals surface area contributed by atoms with Crippen LogP contribution in [0.4, 0.5) is 4.39 Å². The molecule has 0 aromatic carbocycles. The summed E-state index contributed by atoms with van der Waals surface area (Å²) in [4.78, 5) is 13.6. The Kier molecular flexibility index (Phi) is 3.35. The van der Waals surface area contributed by atoms with Crippen LogP contribution >= 0.6 is 22.6 Å². The van der Waals surface area contributed by atoms with Gasteiger partial charge in [-0.2, -0.15) is 4.39 Å². The number of hydrogen-bond donors (Lipinski definition) is 1. The lowest BCUT2D eigenvalue weighted by atomic mass is 10.2. The number of hydrogen-bond acceptors (Lipinski definition) is 2. The molecule has 1 aromatic heterocycles. The van der Waals surface area contributed by atoms with Crippen LogP contribution < -0.4 is 0 Å². The van der Waals surface area contributed by atoms with E-state index < -0.39 is 11.9 Å². The first-order valence-electron chi connectivity index (χ1n) is 3.32. The SMILES string of the molecule is O=C(O)C=Cc1c(I)ccnc1F. The second-order valence-electron chi connectivity index (χ2n) is 2.17. The minimum atomic E-state index is -1.11. The van der Waals surface area contributed by atoms with Crippen molar-refractivity contribution in [3.05, 3.63) is 33.4 Å². The fraction of sp³-hybridized carbons (Fsp3) is 0. The van der Waals surface area contributed by atoms with Gasteiger partial charge in [-0.15, -0.1) is 0 Å². The van der Waals surface area contributed by atoms with E-state index in [1.807, 2.05) is 22.6 Å². The van der Waals surface area contributed by atoms with Crippen molar-refractivity contribution >= 4 is 34.6 Å². The highest BCUT2D eigenvalue weighted by molar-refractivity contribution is 14.1. The number of carboxylic acid groups (broad SMARTS) is 1. The Morgan fingerprint density at radius 1 is 1.69 bits per heavy atom. The summed E-state index contributed by atoms with van der Waals surface area (Å²) in [5, 5.41) is 8.32. The van der Waals surface area contributed by atoms with E-state index >= 15 is 0 Å². The summed E-state index contributed by atoms with van der Waals surface area (Å²) in [6.45, 7) is 0. The van der Waals surface area contributed by atoms with Gasteiger partial charge in [-0.25, -0.2) is 9.78 Å². The van der Waals surface area contributed by atoms with E-state index in [1.165, 1.54) is 12.3 Å². The molecule has 3 nitrogen and oxygen atoms in total. The topological polar surface area (TPSA) is 50.2 Å². The Balaban J connectivity index is 3.06. The number of halogens is 2. The van der Waals surface area contributed by atoms with Gasteiger partial charge in [0.15, 0.2) is 0 Å². The van der Waals surface area contributed by atoms with Crippen LogP contribution in [0.2, 0.25) is 0 Å². The van der Waals surface area contributed by atoms with Gasteiger partial charge in [0.2, 0.25) is 5.95 Å². The van der Waals surface area contributed by atoms with Crippen LogP contribution in [0, 0.1) is 9.52 Å². The molecule has 0 aliphatic rings. The lowest BCUT2D eigenvalue weighted by molar-refractivity contribution is -0.131. The zero-order chi connectivity index (χ0) is 9.84. The fourth-order valence-electron chi connectivity index (χ4n) is 0.729. The Labute approximate surface area is 87.4 Å². The third-order valence-electron chi connectivity index (χ3n) is 1.28. The van der Waals surface area contributed by atoms with Crippen molar-refractivity contribution in [2.75, 3.05) is 0 Å². The minimum absolute atomic E-state index is 0.200. The highest BCUT2D eigenvalue weighted by atomic mass is 127. The number of pyridine rings is 1. The van der Waals surface area contributed by atoms with Crippen LogP contribution in [-0.4, -0.2) is 16.1 Å². The van der Waals surface area contributed by atoms with Gasteiger partial charge in [0.05, 0.1) is 0 Å². The fourth-order valence-corrected chi connectivity index (χ4v) is 1.29. The summed E-state index contributed by atoms with van der Waals surface area (Å²) in [5.74, 6) is -1.77. The van der Waals surface area contributed by atoms with Gasteiger partial charge in [-0.05, 0) is 34.7 Å². The van der Waals surface area contributed by atoms with Gasteiger partial charge in [0.1, 0.15) is 0 Å². The highest BCUT2D eigenvalue weighted by Gasteiger charge is 2.03. The molecule has 0 spiro atoms. The van der Waals surface area contributed by atoms with Gasteiger partial charge in [0.25, 0.3) is 0 Å². The number of carbonyl (C=O) groups is 1. The Morgan fingerprint density at radius 2 is 2.38 bits per heavy atom. The molecular weight excluding hydrogens is 288 g/mol. The molecule has 0 radical (unpaired) electrons. The molecule has 0 fully saturated rings. The largest absolute Gasteiger partial charge is 0.478 e. The number of aromatic nitrogens is 1. The van der Waals surface area contributed by atoms with Crippen molar-refractivity contribution in [3.63, 3.8) is 0 Å². The molecule has 0 saturated heterocycles. The first-order chi connectivity index (χ1) is 6.11. The molecule has 0 aliphatic heterocycles. The summed E-state index contributed by atoms with van der Waals surface area (Å²) in [6.07, 6.45) is 3.39. The standard InChI is InChI=1S/C8H5FINO2/c9-8-5(1-2-7(12)13)6(10)3-4-11-8/h1-4H,(H,12,13). The van der Waals surface area contributed by atoms with E-state index in [2.05, 4.69) is 4.98 Å². The Bertz CT molecular complexity index is 345. The van der Waals surface area contributed by atoms with Gasteiger partial charge < -0.3 is 5.11 Å². The molecule has 68 valence electrons. The molecule has 1 heterocycles. The van der Waals surface area contributed by atoms with Crippen molar-refractivity contribution in [2.24, 2.45) is 0 Å². The quantitative estimate of drug-likeness (QED) is 0.515. The average Bonchev–Trinajstić information content (AvgIpc) is 2.03. The maximum Gasteiger partial charge on any atom is 0.328 e. The molecule has 5 heteroatoms. The highest BCUT2D eigenvalue weighted by Crippen LogP contribution is 2.15. The third-order valence-corrected chi connectivity index (χ3v) is 2.22. The monoisotopic (exact) mass is 293 g/mol. The van der Waals surface area contributed by atoms with Crippen LogP contribution in [0.1, 0.15) is 5.56 Å².